The number of sulfone groups is 1. The lowest BCUT2D eigenvalue weighted by atomic mass is 10.0. The third-order valence-electron chi connectivity index (χ3n) is 4.29. The first-order chi connectivity index (χ1) is 9.98. The molecule has 0 aromatic heterocycles. The molecular formula is C16H24O4S. The highest BCUT2D eigenvalue weighted by atomic mass is 32.2. The summed E-state index contributed by atoms with van der Waals surface area (Å²) < 4.78 is 37.6. The molecule has 2 unspecified atom stereocenters. The lowest BCUT2D eigenvalue weighted by Gasteiger charge is -2.39. The highest BCUT2D eigenvalue weighted by Gasteiger charge is 2.51. The third-order valence-corrected chi connectivity index (χ3v) is 6.82. The van der Waals surface area contributed by atoms with Gasteiger partial charge in [0.2, 0.25) is 9.84 Å². The maximum absolute atomic E-state index is 13.1. The molecule has 1 aliphatic rings. The second-order valence-corrected chi connectivity index (χ2v) is 7.71. The maximum Gasteiger partial charge on any atom is 0.210 e. The van der Waals surface area contributed by atoms with E-state index >= 15 is 0 Å². The molecule has 4 nitrogen and oxygen atoms in total. The fraction of sp³-hybridized carbons (Fsp3) is 0.625. The van der Waals surface area contributed by atoms with E-state index < -0.39 is 20.9 Å². The summed E-state index contributed by atoms with van der Waals surface area (Å²) in [5, 5.41) is 0. The number of hydrogen-bond acceptors (Lipinski definition) is 4. The molecule has 5 heteroatoms. The molecule has 1 fully saturated rings. The van der Waals surface area contributed by atoms with Gasteiger partial charge >= 0.3 is 0 Å². The van der Waals surface area contributed by atoms with Crippen LogP contribution in [0.25, 0.3) is 0 Å². The van der Waals surface area contributed by atoms with Crippen molar-refractivity contribution in [2.75, 3.05) is 13.7 Å². The average Bonchev–Trinajstić information content (AvgIpc) is 2.50. The molecule has 2 rings (SSSR count). The summed E-state index contributed by atoms with van der Waals surface area (Å²) in [6.45, 7) is 4.37. The van der Waals surface area contributed by atoms with Gasteiger partial charge in [-0.15, -0.1) is 0 Å². The standard InChI is InChI=1S/C16H24O4S/c1-4-16(19-3,15-7-5-6-12-20-15)21(17,18)14-10-8-13(2)9-11-14/h8-11,15H,4-7,12H2,1-3H3. The summed E-state index contributed by atoms with van der Waals surface area (Å²) in [4.78, 5) is -1.01. The topological polar surface area (TPSA) is 52.6 Å². The zero-order valence-corrected chi connectivity index (χ0v) is 13.8. The Hall–Kier alpha value is -0.910. The van der Waals surface area contributed by atoms with Crippen LogP contribution in [0.3, 0.4) is 0 Å². The van der Waals surface area contributed by atoms with E-state index in [-0.39, 0.29) is 0 Å². The molecule has 1 aliphatic heterocycles. The van der Waals surface area contributed by atoms with E-state index in [0.717, 1.165) is 18.4 Å². The molecule has 1 heterocycles. The van der Waals surface area contributed by atoms with Gasteiger partial charge in [-0.1, -0.05) is 24.6 Å². The Morgan fingerprint density at radius 1 is 1.29 bits per heavy atom. The monoisotopic (exact) mass is 312 g/mol. The predicted molar refractivity (Wildman–Crippen MR) is 82.0 cm³/mol. The van der Waals surface area contributed by atoms with Crippen molar-refractivity contribution >= 4 is 9.84 Å². The molecule has 21 heavy (non-hydrogen) atoms. The lowest BCUT2D eigenvalue weighted by molar-refractivity contribution is -0.102. The lowest BCUT2D eigenvalue weighted by Crippen LogP contribution is -2.52. The van der Waals surface area contributed by atoms with Gasteiger partial charge in [-0.25, -0.2) is 8.42 Å². The normalized spacial score (nSPS) is 22.7. The summed E-state index contributed by atoms with van der Waals surface area (Å²) in [6, 6.07) is 6.92. The minimum absolute atomic E-state index is 0.297. The van der Waals surface area contributed by atoms with E-state index in [1.165, 1.54) is 7.11 Å². The fourth-order valence-electron chi connectivity index (χ4n) is 2.98. The smallest absolute Gasteiger partial charge is 0.210 e. The summed E-state index contributed by atoms with van der Waals surface area (Å²) >= 11 is 0. The van der Waals surface area contributed by atoms with Crippen LogP contribution in [-0.4, -0.2) is 33.2 Å². The van der Waals surface area contributed by atoms with Crippen molar-refractivity contribution < 1.29 is 17.9 Å². The van der Waals surface area contributed by atoms with E-state index in [0.29, 0.717) is 24.3 Å². The highest BCUT2D eigenvalue weighted by molar-refractivity contribution is 7.92. The summed E-state index contributed by atoms with van der Waals surface area (Å²) in [5.74, 6) is 0. The molecule has 0 amide bonds. The van der Waals surface area contributed by atoms with Gasteiger partial charge in [-0.05, 0) is 44.7 Å². The van der Waals surface area contributed by atoms with Gasteiger partial charge in [0.15, 0.2) is 4.93 Å². The molecule has 0 radical (unpaired) electrons. The van der Waals surface area contributed by atoms with Gasteiger partial charge in [-0.2, -0.15) is 0 Å². The minimum atomic E-state index is -3.63. The van der Waals surface area contributed by atoms with Gasteiger partial charge in [0.05, 0.1) is 4.90 Å². The van der Waals surface area contributed by atoms with Crippen LogP contribution in [0.4, 0.5) is 0 Å². The van der Waals surface area contributed by atoms with Gasteiger partial charge < -0.3 is 9.47 Å². The second-order valence-electron chi connectivity index (χ2n) is 5.54. The van der Waals surface area contributed by atoms with Crippen LogP contribution in [-0.2, 0) is 19.3 Å². The van der Waals surface area contributed by atoms with Crippen molar-refractivity contribution in [2.45, 2.75) is 55.5 Å². The molecule has 1 aromatic carbocycles. The Bertz CT molecular complexity index is 552. The minimum Gasteiger partial charge on any atom is -0.374 e. The van der Waals surface area contributed by atoms with E-state index in [4.69, 9.17) is 9.47 Å². The Kier molecular flexibility index (Phi) is 5.07. The van der Waals surface area contributed by atoms with Crippen molar-refractivity contribution in [1.82, 2.24) is 0 Å². The molecule has 0 bridgehead atoms. The molecule has 0 saturated carbocycles. The van der Waals surface area contributed by atoms with Gasteiger partial charge in [-0.3, -0.25) is 0 Å². The Labute approximate surface area is 127 Å². The van der Waals surface area contributed by atoms with Crippen LogP contribution in [0.1, 0.15) is 38.2 Å². The van der Waals surface area contributed by atoms with Crippen LogP contribution < -0.4 is 0 Å². The number of hydrogen-bond donors (Lipinski definition) is 0. The van der Waals surface area contributed by atoms with Crippen LogP contribution >= 0.6 is 0 Å². The summed E-state index contributed by atoms with van der Waals surface area (Å²) in [6.07, 6.45) is 2.62. The van der Waals surface area contributed by atoms with Crippen molar-refractivity contribution in [1.29, 1.82) is 0 Å². The zero-order valence-electron chi connectivity index (χ0n) is 13.0. The first kappa shape index (κ1) is 16.5. The fourth-order valence-corrected chi connectivity index (χ4v) is 5.01. The third kappa shape index (κ3) is 2.87. The highest BCUT2D eigenvalue weighted by Crippen LogP contribution is 2.38. The van der Waals surface area contributed by atoms with Gasteiger partial charge in [0.1, 0.15) is 6.10 Å². The first-order valence-electron chi connectivity index (χ1n) is 7.46. The molecule has 118 valence electrons. The van der Waals surface area contributed by atoms with Crippen molar-refractivity contribution in [3.8, 4) is 0 Å². The van der Waals surface area contributed by atoms with Gasteiger partial charge in [0, 0.05) is 13.7 Å². The van der Waals surface area contributed by atoms with Crippen molar-refractivity contribution in [3.63, 3.8) is 0 Å². The number of methoxy groups -OCH3 is 1. The molecular weight excluding hydrogens is 288 g/mol. The first-order valence-corrected chi connectivity index (χ1v) is 8.94. The van der Waals surface area contributed by atoms with Crippen LogP contribution in [0.5, 0.6) is 0 Å². The Morgan fingerprint density at radius 3 is 2.43 bits per heavy atom. The second kappa shape index (κ2) is 6.46. The van der Waals surface area contributed by atoms with Crippen LogP contribution in [0.15, 0.2) is 29.2 Å². The predicted octanol–water partition coefficient (Wildman–Crippen LogP) is 3.09. The van der Waals surface area contributed by atoms with Crippen molar-refractivity contribution in [3.05, 3.63) is 29.8 Å². The number of rotatable bonds is 5. The molecule has 2 atom stereocenters. The quantitative estimate of drug-likeness (QED) is 0.838. The Morgan fingerprint density at radius 2 is 1.95 bits per heavy atom. The molecule has 0 N–H and O–H groups in total. The maximum atomic E-state index is 13.1. The van der Waals surface area contributed by atoms with E-state index in [9.17, 15) is 8.42 Å². The average molecular weight is 312 g/mol. The van der Waals surface area contributed by atoms with Crippen LogP contribution in [0, 0.1) is 6.92 Å². The van der Waals surface area contributed by atoms with E-state index in [1.54, 1.807) is 12.1 Å². The number of benzene rings is 1. The zero-order chi connectivity index (χ0) is 15.5. The van der Waals surface area contributed by atoms with Gasteiger partial charge in [0.25, 0.3) is 0 Å². The summed E-state index contributed by atoms with van der Waals surface area (Å²) in [5.41, 5.74) is 1.03. The van der Waals surface area contributed by atoms with E-state index in [1.807, 2.05) is 26.0 Å². The molecule has 0 spiro atoms. The Balaban J connectivity index is 2.46. The number of aryl methyl sites for hydroxylation is 1. The van der Waals surface area contributed by atoms with E-state index in [2.05, 4.69) is 0 Å². The SMILES string of the molecule is CCC(OC)(C1CCCCO1)S(=O)(=O)c1ccc(C)cc1. The van der Waals surface area contributed by atoms with Crippen LogP contribution in [0.2, 0.25) is 0 Å². The largest absolute Gasteiger partial charge is 0.374 e. The number of ether oxygens (including phenoxy) is 2. The molecule has 1 saturated heterocycles. The molecule has 0 aliphatic carbocycles. The summed E-state index contributed by atoms with van der Waals surface area (Å²) in [7, 11) is -2.16. The van der Waals surface area contributed by atoms with Crippen molar-refractivity contribution in [2.24, 2.45) is 0 Å². The molecule has 1 aromatic rings.